The van der Waals surface area contributed by atoms with Gasteiger partial charge in [-0.1, -0.05) is 54.5 Å². The van der Waals surface area contributed by atoms with Crippen LogP contribution in [0.1, 0.15) is 60.2 Å². The lowest BCUT2D eigenvalue weighted by atomic mass is 9.96. The summed E-state index contributed by atoms with van der Waals surface area (Å²) in [5.41, 5.74) is 6.87. The Kier molecular flexibility index (Phi) is 7.63. The Balaban J connectivity index is 1.65. The Hall–Kier alpha value is -3.20. The SMILES string of the molecule is CCC(c1ccccc1)c1noc(COc2ccc(C(CCC(N)=O)S(C)(=O)=O)cc2)n1. The number of hydrogen-bond donors (Lipinski definition) is 1. The minimum Gasteiger partial charge on any atom is -0.484 e. The second kappa shape index (κ2) is 10.4. The third-order valence-electron chi connectivity index (χ3n) is 5.19. The molecule has 3 aromatic rings. The minimum absolute atomic E-state index is 0.00276. The average molecular weight is 458 g/mol. The van der Waals surface area contributed by atoms with Gasteiger partial charge in [0.05, 0.1) is 5.25 Å². The number of rotatable bonds is 11. The third kappa shape index (κ3) is 6.16. The molecule has 0 aliphatic heterocycles. The molecule has 0 spiro atoms. The topological polar surface area (TPSA) is 125 Å². The van der Waals surface area contributed by atoms with Crippen molar-refractivity contribution >= 4 is 15.7 Å². The summed E-state index contributed by atoms with van der Waals surface area (Å²) in [6, 6.07) is 16.7. The minimum atomic E-state index is -3.39. The van der Waals surface area contributed by atoms with Gasteiger partial charge in [-0.2, -0.15) is 4.98 Å². The van der Waals surface area contributed by atoms with E-state index in [2.05, 4.69) is 17.1 Å². The van der Waals surface area contributed by atoms with Crippen molar-refractivity contribution in [3.63, 3.8) is 0 Å². The van der Waals surface area contributed by atoms with E-state index in [0.717, 1.165) is 18.2 Å². The van der Waals surface area contributed by atoms with Crippen molar-refractivity contribution in [3.05, 3.63) is 77.4 Å². The molecule has 2 N–H and O–H groups in total. The van der Waals surface area contributed by atoms with E-state index >= 15 is 0 Å². The molecule has 0 aliphatic rings. The summed E-state index contributed by atoms with van der Waals surface area (Å²) >= 11 is 0. The fourth-order valence-electron chi connectivity index (χ4n) is 3.55. The van der Waals surface area contributed by atoms with Crippen molar-refractivity contribution < 1.29 is 22.5 Å². The van der Waals surface area contributed by atoms with Gasteiger partial charge in [-0.25, -0.2) is 8.42 Å². The molecular weight excluding hydrogens is 430 g/mol. The summed E-state index contributed by atoms with van der Waals surface area (Å²) in [6.07, 6.45) is 2.12. The molecule has 0 bridgehead atoms. The Morgan fingerprint density at radius 3 is 2.38 bits per heavy atom. The van der Waals surface area contributed by atoms with Crippen LogP contribution in [-0.2, 0) is 21.2 Å². The predicted octanol–water partition coefficient (Wildman–Crippen LogP) is 3.54. The van der Waals surface area contributed by atoms with E-state index in [4.69, 9.17) is 15.0 Å². The van der Waals surface area contributed by atoms with Crippen molar-refractivity contribution in [3.8, 4) is 5.75 Å². The van der Waals surface area contributed by atoms with Crippen LogP contribution >= 0.6 is 0 Å². The molecule has 3 rings (SSSR count). The van der Waals surface area contributed by atoms with Gasteiger partial charge in [-0.15, -0.1) is 0 Å². The van der Waals surface area contributed by atoms with Gasteiger partial charge in [0, 0.05) is 18.6 Å². The number of carbonyl (C=O) groups excluding carboxylic acids is 1. The zero-order valence-electron chi connectivity index (χ0n) is 18.1. The number of ether oxygens (including phenoxy) is 1. The maximum Gasteiger partial charge on any atom is 0.264 e. The number of sulfone groups is 1. The van der Waals surface area contributed by atoms with E-state index in [9.17, 15) is 13.2 Å². The third-order valence-corrected chi connectivity index (χ3v) is 6.73. The molecule has 170 valence electrons. The van der Waals surface area contributed by atoms with Crippen molar-refractivity contribution in [1.29, 1.82) is 0 Å². The van der Waals surface area contributed by atoms with Crippen molar-refractivity contribution in [2.24, 2.45) is 5.73 Å². The van der Waals surface area contributed by atoms with Crippen LogP contribution in [0.4, 0.5) is 0 Å². The van der Waals surface area contributed by atoms with Crippen LogP contribution in [0.5, 0.6) is 5.75 Å². The number of carbonyl (C=O) groups is 1. The first kappa shape index (κ1) is 23.5. The highest BCUT2D eigenvalue weighted by molar-refractivity contribution is 7.90. The average Bonchev–Trinajstić information content (AvgIpc) is 3.22. The van der Waals surface area contributed by atoms with Crippen LogP contribution in [0, 0.1) is 0 Å². The number of hydrogen-bond acceptors (Lipinski definition) is 7. The molecule has 0 saturated carbocycles. The van der Waals surface area contributed by atoms with Gasteiger partial charge in [0.1, 0.15) is 5.75 Å². The van der Waals surface area contributed by atoms with Gasteiger partial charge in [0.2, 0.25) is 5.91 Å². The molecule has 2 unspecified atom stereocenters. The van der Waals surface area contributed by atoms with E-state index in [1.807, 2.05) is 30.3 Å². The summed E-state index contributed by atoms with van der Waals surface area (Å²) in [5, 5.41) is 3.30. The number of benzene rings is 2. The highest BCUT2D eigenvalue weighted by atomic mass is 32.2. The van der Waals surface area contributed by atoms with Crippen molar-refractivity contribution in [2.75, 3.05) is 6.26 Å². The molecule has 9 heteroatoms. The highest BCUT2D eigenvalue weighted by Crippen LogP contribution is 2.29. The number of nitrogens with two attached hydrogens (primary N) is 1. The van der Waals surface area contributed by atoms with Crippen molar-refractivity contribution in [1.82, 2.24) is 10.1 Å². The summed E-state index contributed by atoms with van der Waals surface area (Å²) in [6.45, 7) is 2.16. The molecule has 0 radical (unpaired) electrons. The van der Waals surface area contributed by atoms with Gasteiger partial charge in [0.25, 0.3) is 5.89 Å². The van der Waals surface area contributed by atoms with Gasteiger partial charge in [-0.3, -0.25) is 4.79 Å². The number of primary amides is 1. The maximum atomic E-state index is 12.1. The monoisotopic (exact) mass is 457 g/mol. The fraction of sp³-hybridized carbons (Fsp3) is 0.348. The van der Waals surface area contributed by atoms with Gasteiger partial charge >= 0.3 is 0 Å². The van der Waals surface area contributed by atoms with Crippen LogP contribution in [0.3, 0.4) is 0 Å². The maximum absolute atomic E-state index is 12.1. The fourth-order valence-corrected chi connectivity index (χ4v) is 4.74. The van der Waals surface area contributed by atoms with Crippen LogP contribution in [0.25, 0.3) is 0 Å². The first-order chi connectivity index (χ1) is 15.3. The Labute approximate surface area is 187 Å². The van der Waals surface area contributed by atoms with E-state index in [0.29, 0.717) is 23.0 Å². The normalized spacial score (nSPS) is 13.4. The predicted molar refractivity (Wildman–Crippen MR) is 120 cm³/mol. The molecule has 1 heterocycles. The van der Waals surface area contributed by atoms with Gasteiger partial charge in [-0.05, 0) is 36.1 Å². The second-order valence-electron chi connectivity index (χ2n) is 7.60. The number of amides is 1. The van der Waals surface area contributed by atoms with E-state index in [1.54, 1.807) is 24.3 Å². The zero-order chi connectivity index (χ0) is 23.1. The lowest BCUT2D eigenvalue weighted by Gasteiger charge is -2.15. The van der Waals surface area contributed by atoms with Crippen LogP contribution in [0.15, 0.2) is 59.1 Å². The molecule has 0 aliphatic carbocycles. The van der Waals surface area contributed by atoms with Crippen molar-refractivity contribution in [2.45, 2.75) is 44.0 Å². The van der Waals surface area contributed by atoms with E-state index in [-0.39, 0.29) is 25.4 Å². The molecule has 2 atom stereocenters. The number of nitrogens with zero attached hydrogens (tertiary/aromatic N) is 2. The smallest absolute Gasteiger partial charge is 0.264 e. The highest BCUT2D eigenvalue weighted by Gasteiger charge is 2.23. The first-order valence-electron chi connectivity index (χ1n) is 10.3. The summed E-state index contributed by atoms with van der Waals surface area (Å²) in [7, 11) is -3.39. The molecule has 2 aromatic carbocycles. The largest absolute Gasteiger partial charge is 0.484 e. The Morgan fingerprint density at radius 1 is 1.09 bits per heavy atom. The first-order valence-corrected chi connectivity index (χ1v) is 12.3. The molecule has 0 saturated heterocycles. The summed E-state index contributed by atoms with van der Waals surface area (Å²) < 4.78 is 35.3. The zero-order valence-corrected chi connectivity index (χ0v) is 18.9. The van der Waals surface area contributed by atoms with E-state index < -0.39 is 21.0 Å². The Morgan fingerprint density at radius 2 is 1.78 bits per heavy atom. The molecule has 1 aromatic heterocycles. The van der Waals surface area contributed by atoms with Gasteiger partial charge < -0.3 is 15.0 Å². The van der Waals surface area contributed by atoms with Crippen LogP contribution < -0.4 is 10.5 Å². The van der Waals surface area contributed by atoms with Crippen LogP contribution in [-0.4, -0.2) is 30.7 Å². The molecule has 8 nitrogen and oxygen atoms in total. The lowest BCUT2D eigenvalue weighted by molar-refractivity contribution is -0.118. The standard InChI is InChI=1S/C23H27N3O5S/c1-3-19(16-7-5-4-6-8-16)23-25-22(31-26-23)15-30-18-11-9-17(10-12-18)20(32(2,28)29)13-14-21(24)27/h4-12,19-20H,3,13-15H2,1-2H3,(H2,24,27). The quantitative estimate of drug-likeness (QED) is 0.467. The van der Waals surface area contributed by atoms with Gasteiger partial charge in [0.15, 0.2) is 22.3 Å². The summed E-state index contributed by atoms with van der Waals surface area (Å²) in [5.74, 6) is 1.01. The summed E-state index contributed by atoms with van der Waals surface area (Å²) in [4.78, 5) is 15.5. The lowest BCUT2D eigenvalue weighted by Crippen LogP contribution is -2.16. The second-order valence-corrected chi connectivity index (χ2v) is 9.83. The molecule has 0 fully saturated rings. The van der Waals surface area contributed by atoms with E-state index in [1.165, 1.54) is 0 Å². The molecular formula is C23H27N3O5S. The number of aromatic nitrogens is 2. The van der Waals surface area contributed by atoms with Crippen LogP contribution in [0.2, 0.25) is 0 Å². The molecule has 1 amide bonds. The molecule has 32 heavy (non-hydrogen) atoms. The Bertz CT molecular complexity index is 1130.